The first-order valence-electron chi connectivity index (χ1n) is 4.79. The summed E-state index contributed by atoms with van der Waals surface area (Å²) in [5.74, 6) is 1.02. The molecule has 0 fully saturated rings. The number of aliphatic hydroxyl groups is 1. The summed E-state index contributed by atoms with van der Waals surface area (Å²) in [6, 6.07) is 0. The van der Waals surface area contributed by atoms with Crippen LogP contribution < -0.4 is 0 Å². The van der Waals surface area contributed by atoms with Crippen molar-refractivity contribution in [3.63, 3.8) is 0 Å². The molecule has 0 atom stereocenters. The van der Waals surface area contributed by atoms with Gasteiger partial charge in [-0.2, -0.15) is 4.98 Å². The van der Waals surface area contributed by atoms with Gasteiger partial charge in [0.25, 0.3) is 0 Å². The van der Waals surface area contributed by atoms with Crippen LogP contribution in [-0.2, 0) is 13.0 Å². The summed E-state index contributed by atoms with van der Waals surface area (Å²) in [6.07, 6.45) is 5.59. The second kappa shape index (κ2) is 5.70. The van der Waals surface area contributed by atoms with Gasteiger partial charge in [-0.3, -0.25) is 0 Å². The predicted octanol–water partition coefficient (Wildman–Crippen LogP) is 1.68. The van der Waals surface area contributed by atoms with Gasteiger partial charge in [0.05, 0.1) is 0 Å². The maximum Gasteiger partial charge on any atom is 0.226 e. The number of rotatable bonds is 6. The summed E-state index contributed by atoms with van der Waals surface area (Å²) in [5, 5.41) is 12.3. The number of unbranched alkanes of at least 4 members (excludes halogenated alkanes) is 3. The lowest BCUT2D eigenvalue weighted by Crippen LogP contribution is -1.88. The Morgan fingerprint density at radius 1 is 1.31 bits per heavy atom. The molecule has 0 aromatic carbocycles. The smallest absolute Gasteiger partial charge is 0.226 e. The van der Waals surface area contributed by atoms with E-state index in [-0.39, 0.29) is 6.61 Å². The van der Waals surface area contributed by atoms with Crippen LogP contribution in [0.2, 0.25) is 0 Å². The average molecular weight is 184 g/mol. The van der Waals surface area contributed by atoms with Crippen molar-refractivity contribution in [1.29, 1.82) is 0 Å². The minimum atomic E-state index is -0.140. The van der Waals surface area contributed by atoms with E-state index < -0.39 is 0 Å². The number of hydrogen-bond acceptors (Lipinski definition) is 4. The standard InChI is InChI=1S/C9H16N2O2/c1-2-3-4-5-6-9-10-8(7-12)11-13-9/h12H,2-7H2,1H3. The molecule has 4 nitrogen and oxygen atoms in total. The molecule has 0 saturated heterocycles. The third kappa shape index (κ3) is 3.55. The van der Waals surface area contributed by atoms with Crippen molar-refractivity contribution in [3.8, 4) is 0 Å². The molecular formula is C9H16N2O2. The average Bonchev–Trinajstić information content (AvgIpc) is 2.60. The fraction of sp³-hybridized carbons (Fsp3) is 0.778. The van der Waals surface area contributed by atoms with Crippen LogP contribution in [0.15, 0.2) is 4.52 Å². The maximum atomic E-state index is 8.68. The van der Waals surface area contributed by atoms with E-state index >= 15 is 0 Å². The van der Waals surface area contributed by atoms with Crippen molar-refractivity contribution in [2.24, 2.45) is 0 Å². The van der Waals surface area contributed by atoms with Crippen LogP contribution in [0.5, 0.6) is 0 Å². The molecule has 0 aliphatic rings. The zero-order valence-corrected chi connectivity index (χ0v) is 7.99. The molecule has 0 amide bonds. The Hall–Kier alpha value is -0.900. The highest BCUT2D eigenvalue weighted by Gasteiger charge is 2.03. The fourth-order valence-corrected chi connectivity index (χ4v) is 1.16. The van der Waals surface area contributed by atoms with Crippen molar-refractivity contribution in [2.45, 2.75) is 45.6 Å². The molecule has 0 aliphatic heterocycles. The van der Waals surface area contributed by atoms with E-state index in [1.807, 2.05) is 0 Å². The van der Waals surface area contributed by atoms with Crippen molar-refractivity contribution in [1.82, 2.24) is 10.1 Å². The van der Waals surface area contributed by atoms with Crippen LogP contribution in [-0.4, -0.2) is 15.2 Å². The SMILES string of the molecule is CCCCCCc1nc(CO)no1. The first-order chi connectivity index (χ1) is 6.36. The largest absolute Gasteiger partial charge is 0.388 e. The van der Waals surface area contributed by atoms with Crippen LogP contribution in [0.4, 0.5) is 0 Å². The van der Waals surface area contributed by atoms with E-state index in [0.29, 0.717) is 11.7 Å². The molecule has 0 unspecified atom stereocenters. The number of aromatic nitrogens is 2. The highest BCUT2D eigenvalue weighted by molar-refractivity contribution is 4.83. The van der Waals surface area contributed by atoms with Gasteiger partial charge >= 0.3 is 0 Å². The van der Waals surface area contributed by atoms with E-state index in [1.54, 1.807) is 0 Å². The number of aliphatic hydroxyl groups excluding tert-OH is 1. The zero-order valence-electron chi connectivity index (χ0n) is 7.99. The van der Waals surface area contributed by atoms with Crippen LogP contribution in [0.1, 0.15) is 44.3 Å². The molecule has 0 bridgehead atoms. The highest BCUT2D eigenvalue weighted by Crippen LogP contribution is 2.05. The molecule has 0 aliphatic carbocycles. The summed E-state index contributed by atoms with van der Waals surface area (Å²) in [4.78, 5) is 4.00. The fourth-order valence-electron chi connectivity index (χ4n) is 1.16. The summed E-state index contributed by atoms with van der Waals surface area (Å²) < 4.78 is 4.91. The van der Waals surface area contributed by atoms with Crippen molar-refractivity contribution in [3.05, 3.63) is 11.7 Å². The monoisotopic (exact) mass is 184 g/mol. The Morgan fingerprint density at radius 2 is 2.15 bits per heavy atom. The van der Waals surface area contributed by atoms with Gasteiger partial charge in [0.1, 0.15) is 6.61 Å². The molecule has 1 rings (SSSR count). The Bertz CT molecular complexity index is 235. The number of hydrogen-bond donors (Lipinski definition) is 1. The second-order valence-electron chi connectivity index (χ2n) is 3.07. The Labute approximate surface area is 78.0 Å². The summed E-state index contributed by atoms with van der Waals surface area (Å²) in [5.41, 5.74) is 0. The van der Waals surface area contributed by atoms with E-state index in [4.69, 9.17) is 9.63 Å². The lowest BCUT2D eigenvalue weighted by molar-refractivity contribution is 0.262. The molecule has 4 heteroatoms. The van der Waals surface area contributed by atoms with Gasteiger partial charge in [-0.15, -0.1) is 0 Å². The topological polar surface area (TPSA) is 59.2 Å². The lowest BCUT2D eigenvalue weighted by atomic mass is 10.1. The second-order valence-corrected chi connectivity index (χ2v) is 3.07. The van der Waals surface area contributed by atoms with E-state index in [9.17, 15) is 0 Å². The minimum absolute atomic E-state index is 0.140. The van der Waals surface area contributed by atoms with Crippen molar-refractivity contribution < 1.29 is 9.63 Å². The van der Waals surface area contributed by atoms with Gasteiger partial charge in [0, 0.05) is 6.42 Å². The van der Waals surface area contributed by atoms with Gasteiger partial charge in [0.15, 0.2) is 5.82 Å². The number of nitrogens with zero attached hydrogens (tertiary/aromatic N) is 2. The van der Waals surface area contributed by atoms with E-state index in [0.717, 1.165) is 12.8 Å². The molecule has 0 saturated carbocycles. The first kappa shape index (κ1) is 10.2. The normalized spacial score (nSPS) is 10.6. The molecule has 1 aromatic heterocycles. The molecule has 1 aromatic rings. The molecule has 1 N–H and O–H groups in total. The third-order valence-electron chi connectivity index (χ3n) is 1.90. The zero-order chi connectivity index (χ0) is 9.52. The van der Waals surface area contributed by atoms with Crippen molar-refractivity contribution >= 4 is 0 Å². The quantitative estimate of drug-likeness (QED) is 0.683. The van der Waals surface area contributed by atoms with Crippen LogP contribution in [0.25, 0.3) is 0 Å². The number of aryl methyl sites for hydroxylation is 1. The Kier molecular flexibility index (Phi) is 4.46. The predicted molar refractivity (Wildman–Crippen MR) is 48.1 cm³/mol. The molecule has 13 heavy (non-hydrogen) atoms. The van der Waals surface area contributed by atoms with Gasteiger partial charge in [-0.05, 0) is 6.42 Å². The van der Waals surface area contributed by atoms with Gasteiger partial charge in [0.2, 0.25) is 5.89 Å². The van der Waals surface area contributed by atoms with Gasteiger partial charge in [-0.25, -0.2) is 0 Å². The summed E-state index contributed by atoms with van der Waals surface area (Å²) in [7, 11) is 0. The molecule has 1 heterocycles. The van der Waals surface area contributed by atoms with Crippen molar-refractivity contribution in [2.75, 3.05) is 0 Å². The Balaban J connectivity index is 2.20. The summed E-state index contributed by atoms with van der Waals surface area (Å²) >= 11 is 0. The first-order valence-corrected chi connectivity index (χ1v) is 4.79. The summed E-state index contributed by atoms with van der Waals surface area (Å²) in [6.45, 7) is 2.04. The Morgan fingerprint density at radius 3 is 2.77 bits per heavy atom. The maximum absolute atomic E-state index is 8.68. The minimum Gasteiger partial charge on any atom is -0.388 e. The third-order valence-corrected chi connectivity index (χ3v) is 1.90. The van der Waals surface area contributed by atoms with Crippen LogP contribution in [0, 0.1) is 0 Å². The molecular weight excluding hydrogens is 168 g/mol. The highest BCUT2D eigenvalue weighted by atomic mass is 16.5. The van der Waals surface area contributed by atoms with E-state index in [2.05, 4.69) is 17.1 Å². The van der Waals surface area contributed by atoms with Crippen LogP contribution >= 0.6 is 0 Å². The van der Waals surface area contributed by atoms with Gasteiger partial charge < -0.3 is 9.63 Å². The molecule has 0 radical (unpaired) electrons. The molecule has 0 spiro atoms. The van der Waals surface area contributed by atoms with Gasteiger partial charge in [-0.1, -0.05) is 31.3 Å². The molecule has 74 valence electrons. The van der Waals surface area contributed by atoms with Crippen LogP contribution in [0.3, 0.4) is 0 Å². The van der Waals surface area contributed by atoms with E-state index in [1.165, 1.54) is 19.3 Å². The lowest BCUT2D eigenvalue weighted by Gasteiger charge is -1.93.